The fourth-order valence-electron chi connectivity index (χ4n) is 1.94. The van der Waals surface area contributed by atoms with E-state index in [-0.39, 0.29) is 6.54 Å². The van der Waals surface area contributed by atoms with Crippen LogP contribution in [0.4, 0.5) is 0 Å². The number of benzene rings is 1. The molecule has 0 amide bonds. The highest BCUT2D eigenvalue weighted by Crippen LogP contribution is 2.11. The van der Waals surface area contributed by atoms with Crippen molar-refractivity contribution in [2.45, 2.75) is 26.2 Å². The third-order valence-electron chi connectivity index (χ3n) is 2.75. The number of nitrogens with zero attached hydrogens (tertiary/aromatic N) is 1. The van der Waals surface area contributed by atoms with Crippen LogP contribution in [-0.2, 0) is 11.2 Å². The van der Waals surface area contributed by atoms with Gasteiger partial charge < -0.3 is 5.11 Å². The van der Waals surface area contributed by atoms with E-state index in [0.29, 0.717) is 0 Å². The van der Waals surface area contributed by atoms with Gasteiger partial charge in [-0.25, -0.2) is 0 Å². The van der Waals surface area contributed by atoms with Crippen LogP contribution >= 0.6 is 11.6 Å². The maximum atomic E-state index is 10.7. The Morgan fingerprint density at radius 3 is 2.50 bits per heavy atom. The lowest BCUT2D eigenvalue weighted by Gasteiger charge is -2.19. The van der Waals surface area contributed by atoms with Gasteiger partial charge >= 0.3 is 5.97 Å². The largest absolute Gasteiger partial charge is 0.480 e. The molecule has 4 heteroatoms. The number of carbonyl (C=O) groups is 1. The lowest BCUT2D eigenvalue weighted by Crippen LogP contribution is -2.31. The fraction of sp³-hybridized carbons (Fsp3) is 0.500. The van der Waals surface area contributed by atoms with E-state index in [2.05, 4.69) is 6.92 Å². The molecule has 3 nitrogen and oxygen atoms in total. The van der Waals surface area contributed by atoms with Crippen LogP contribution in [0.15, 0.2) is 24.3 Å². The van der Waals surface area contributed by atoms with E-state index in [1.165, 1.54) is 5.56 Å². The van der Waals surface area contributed by atoms with E-state index in [9.17, 15) is 4.79 Å². The Balaban J connectivity index is 2.33. The van der Waals surface area contributed by atoms with Crippen LogP contribution in [0.25, 0.3) is 0 Å². The van der Waals surface area contributed by atoms with Gasteiger partial charge in [0.05, 0.1) is 6.54 Å². The van der Waals surface area contributed by atoms with Crippen molar-refractivity contribution in [2.24, 2.45) is 0 Å². The van der Waals surface area contributed by atoms with Crippen molar-refractivity contribution in [3.63, 3.8) is 0 Å². The van der Waals surface area contributed by atoms with E-state index >= 15 is 0 Å². The Bertz CT molecular complexity index is 365. The number of halogens is 1. The van der Waals surface area contributed by atoms with E-state index in [0.717, 1.165) is 37.4 Å². The number of carboxylic acids is 1. The van der Waals surface area contributed by atoms with Gasteiger partial charge in [0.25, 0.3) is 0 Å². The quantitative estimate of drug-likeness (QED) is 0.788. The molecule has 0 aromatic heterocycles. The molecule has 0 aliphatic heterocycles. The minimum Gasteiger partial charge on any atom is -0.480 e. The summed E-state index contributed by atoms with van der Waals surface area (Å²) < 4.78 is 0. The lowest BCUT2D eigenvalue weighted by atomic mass is 10.1. The third kappa shape index (κ3) is 6.03. The highest BCUT2D eigenvalue weighted by Gasteiger charge is 2.08. The van der Waals surface area contributed by atoms with Crippen molar-refractivity contribution in [2.75, 3.05) is 19.6 Å². The molecule has 0 spiro atoms. The summed E-state index contributed by atoms with van der Waals surface area (Å²) >= 11 is 5.82. The van der Waals surface area contributed by atoms with Crippen LogP contribution in [0, 0.1) is 0 Å². The molecule has 0 atom stereocenters. The summed E-state index contributed by atoms with van der Waals surface area (Å²) in [6, 6.07) is 7.81. The number of carboxylic acid groups (broad SMARTS) is 1. The van der Waals surface area contributed by atoms with Crippen molar-refractivity contribution in [1.29, 1.82) is 0 Å². The zero-order valence-electron chi connectivity index (χ0n) is 10.7. The number of rotatable bonds is 8. The maximum absolute atomic E-state index is 10.7. The summed E-state index contributed by atoms with van der Waals surface area (Å²) in [7, 11) is 0. The van der Waals surface area contributed by atoms with Gasteiger partial charge in [0.1, 0.15) is 0 Å². The molecule has 0 saturated carbocycles. The predicted molar refractivity (Wildman–Crippen MR) is 74.1 cm³/mol. The van der Waals surface area contributed by atoms with E-state index in [1.54, 1.807) is 0 Å². The molecule has 18 heavy (non-hydrogen) atoms. The van der Waals surface area contributed by atoms with E-state index < -0.39 is 5.97 Å². The van der Waals surface area contributed by atoms with Crippen molar-refractivity contribution in [1.82, 2.24) is 4.90 Å². The molecule has 1 N–H and O–H groups in total. The summed E-state index contributed by atoms with van der Waals surface area (Å²) in [5, 5.41) is 9.55. The summed E-state index contributed by atoms with van der Waals surface area (Å²) in [4.78, 5) is 12.7. The smallest absolute Gasteiger partial charge is 0.317 e. The van der Waals surface area contributed by atoms with Crippen LogP contribution in [-0.4, -0.2) is 35.6 Å². The molecule has 1 aromatic carbocycles. The van der Waals surface area contributed by atoms with Gasteiger partial charge in [0.2, 0.25) is 0 Å². The molecule has 0 unspecified atom stereocenters. The van der Waals surface area contributed by atoms with Crippen LogP contribution in [0.5, 0.6) is 0 Å². The van der Waals surface area contributed by atoms with Gasteiger partial charge in [0.15, 0.2) is 0 Å². The van der Waals surface area contributed by atoms with Gasteiger partial charge in [-0.3, -0.25) is 9.69 Å². The average Bonchev–Trinajstić information content (AvgIpc) is 2.31. The van der Waals surface area contributed by atoms with Crippen molar-refractivity contribution in [3.05, 3.63) is 34.9 Å². The second-order valence-corrected chi connectivity index (χ2v) is 4.84. The fourth-order valence-corrected chi connectivity index (χ4v) is 2.06. The van der Waals surface area contributed by atoms with Crippen molar-refractivity contribution in [3.8, 4) is 0 Å². The molecule has 0 fully saturated rings. The van der Waals surface area contributed by atoms with Crippen molar-refractivity contribution < 1.29 is 9.90 Å². The standard InChI is InChI=1S/C14H20ClNO2/c1-2-9-16(11-14(17)18)10-3-4-12-5-7-13(15)8-6-12/h5-8H,2-4,9-11H2,1H3,(H,17,18). The maximum Gasteiger partial charge on any atom is 0.317 e. The molecule has 0 bridgehead atoms. The molecule has 100 valence electrons. The first-order chi connectivity index (χ1) is 8.61. The second-order valence-electron chi connectivity index (χ2n) is 4.40. The number of aliphatic carboxylic acids is 1. The Hall–Kier alpha value is -1.06. The first kappa shape index (κ1) is 15.0. The summed E-state index contributed by atoms with van der Waals surface area (Å²) in [6.45, 7) is 3.86. The van der Waals surface area contributed by atoms with Gasteiger partial charge in [0, 0.05) is 5.02 Å². The zero-order chi connectivity index (χ0) is 13.4. The highest BCUT2D eigenvalue weighted by atomic mass is 35.5. The number of hydrogen-bond donors (Lipinski definition) is 1. The molecular weight excluding hydrogens is 250 g/mol. The molecule has 0 radical (unpaired) electrons. The molecule has 0 saturated heterocycles. The second kappa shape index (κ2) is 8.11. The van der Waals surface area contributed by atoms with E-state index in [4.69, 9.17) is 16.7 Å². The minimum atomic E-state index is -0.755. The SMILES string of the molecule is CCCN(CCCc1ccc(Cl)cc1)CC(=O)O. The Morgan fingerprint density at radius 1 is 1.28 bits per heavy atom. The van der Waals surface area contributed by atoms with Crippen LogP contribution in [0.3, 0.4) is 0 Å². The van der Waals surface area contributed by atoms with E-state index in [1.807, 2.05) is 29.2 Å². The van der Waals surface area contributed by atoms with Crippen molar-refractivity contribution >= 4 is 17.6 Å². The molecule has 0 aliphatic carbocycles. The summed E-state index contributed by atoms with van der Waals surface area (Å²) in [5.41, 5.74) is 1.24. The van der Waals surface area contributed by atoms with Crippen LogP contribution < -0.4 is 0 Å². The Morgan fingerprint density at radius 2 is 1.94 bits per heavy atom. The first-order valence-corrected chi connectivity index (χ1v) is 6.68. The number of hydrogen-bond acceptors (Lipinski definition) is 2. The minimum absolute atomic E-state index is 0.133. The van der Waals surface area contributed by atoms with Crippen LogP contribution in [0.2, 0.25) is 5.02 Å². The third-order valence-corrected chi connectivity index (χ3v) is 3.00. The molecule has 1 rings (SSSR count). The van der Waals surface area contributed by atoms with Crippen LogP contribution in [0.1, 0.15) is 25.3 Å². The van der Waals surface area contributed by atoms with Gasteiger partial charge in [-0.05, 0) is 50.0 Å². The number of aryl methyl sites for hydroxylation is 1. The first-order valence-electron chi connectivity index (χ1n) is 6.30. The molecule has 0 aliphatic rings. The summed E-state index contributed by atoms with van der Waals surface area (Å²) in [6.07, 6.45) is 2.90. The van der Waals surface area contributed by atoms with Gasteiger partial charge in [-0.2, -0.15) is 0 Å². The topological polar surface area (TPSA) is 40.5 Å². The molecule has 1 aromatic rings. The van der Waals surface area contributed by atoms with Gasteiger partial charge in [-0.1, -0.05) is 30.7 Å². The Kier molecular flexibility index (Phi) is 6.76. The predicted octanol–water partition coefficient (Wildman–Crippen LogP) is 3.07. The lowest BCUT2D eigenvalue weighted by molar-refractivity contribution is -0.138. The summed E-state index contributed by atoms with van der Waals surface area (Å²) in [5.74, 6) is -0.755. The molecule has 0 heterocycles. The van der Waals surface area contributed by atoms with Gasteiger partial charge in [-0.15, -0.1) is 0 Å². The Labute approximate surface area is 113 Å². The highest BCUT2D eigenvalue weighted by molar-refractivity contribution is 6.30. The normalized spacial score (nSPS) is 10.8. The monoisotopic (exact) mass is 269 g/mol. The zero-order valence-corrected chi connectivity index (χ0v) is 11.5. The molecular formula is C14H20ClNO2. The average molecular weight is 270 g/mol.